The molecule has 0 bridgehead atoms. The molecule has 0 aromatic rings. The van der Waals surface area contributed by atoms with E-state index in [2.05, 4.69) is 11.2 Å². The van der Waals surface area contributed by atoms with E-state index in [0.717, 1.165) is 26.1 Å². The highest BCUT2D eigenvalue weighted by molar-refractivity contribution is 4.84. The van der Waals surface area contributed by atoms with Crippen LogP contribution in [0.15, 0.2) is 0 Å². The molecule has 0 aliphatic carbocycles. The van der Waals surface area contributed by atoms with E-state index in [1.54, 1.807) is 0 Å². The number of nitrogens with one attached hydrogen (secondary N) is 1. The third-order valence-corrected chi connectivity index (χ3v) is 1.70. The summed E-state index contributed by atoms with van der Waals surface area (Å²) in [5, 5.41) is 3.21. The van der Waals surface area contributed by atoms with Gasteiger partial charge in [0.1, 0.15) is 0 Å². The van der Waals surface area contributed by atoms with Crippen LogP contribution in [-0.2, 0) is 9.47 Å². The van der Waals surface area contributed by atoms with Gasteiger partial charge >= 0.3 is 0 Å². The van der Waals surface area contributed by atoms with E-state index < -0.39 is 0 Å². The fourth-order valence-electron chi connectivity index (χ4n) is 1.08. The van der Waals surface area contributed by atoms with E-state index >= 15 is 0 Å². The van der Waals surface area contributed by atoms with Gasteiger partial charge in [0.05, 0.1) is 25.9 Å². The molecule has 12 heavy (non-hydrogen) atoms. The van der Waals surface area contributed by atoms with Crippen LogP contribution in [-0.4, -0.2) is 39.0 Å². The maximum absolute atomic E-state index is 5.42. The quantitative estimate of drug-likeness (QED) is 0.475. The summed E-state index contributed by atoms with van der Waals surface area (Å²) in [5.41, 5.74) is 0. The van der Waals surface area contributed by atoms with Gasteiger partial charge in [0.25, 0.3) is 0 Å². The number of rotatable bonds is 4. The predicted octanol–water partition coefficient (Wildman–Crippen LogP) is 0.0147. The summed E-state index contributed by atoms with van der Waals surface area (Å²) in [6.45, 7) is 3.82. The van der Waals surface area contributed by atoms with Gasteiger partial charge in [0, 0.05) is 19.5 Å². The highest BCUT2D eigenvalue weighted by Gasteiger charge is 2.12. The third-order valence-electron chi connectivity index (χ3n) is 1.70. The fourth-order valence-corrected chi connectivity index (χ4v) is 1.08. The van der Waals surface area contributed by atoms with Crippen molar-refractivity contribution in [1.82, 2.24) is 5.32 Å². The molecule has 3 nitrogen and oxygen atoms in total. The van der Waals surface area contributed by atoms with Gasteiger partial charge in [-0.2, -0.15) is 0 Å². The van der Waals surface area contributed by atoms with Crippen LogP contribution >= 0.6 is 0 Å². The molecule has 1 heterocycles. The minimum Gasteiger partial charge on any atom is -0.376 e. The minimum absolute atomic E-state index is 0.205. The molecule has 1 aliphatic rings. The van der Waals surface area contributed by atoms with Crippen molar-refractivity contribution >= 4 is 0 Å². The third kappa shape index (κ3) is 3.72. The lowest BCUT2D eigenvalue weighted by molar-refractivity contribution is -0.0862. The van der Waals surface area contributed by atoms with Crippen LogP contribution in [0.5, 0.6) is 0 Å². The second kappa shape index (κ2) is 6.01. The molecule has 0 radical (unpaired) electrons. The molecular weight excluding hydrogens is 154 g/mol. The number of hydrogen-bond donors (Lipinski definition) is 1. The first-order valence-corrected chi connectivity index (χ1v) is 4.27. The molecule has 68 valence electrons. The number of ether oxygens (including phenoxy) is 2. The topological polar surface area (TPSA) is 30.5 Å². The standard InChI is InChI=1S/C9H15NO2/c1-2-3-4-10-7-9-8-11-5-6-12-9/h1,9-10H,3-8H2. The van der Waals surface area contributed by atoms with Crippen LogP contribution in [0.25, 0.3) is 0 Å². The summed E-state index contributed by atoms with van der Waals surface area (Å²) in [4.78, 5) is 0. The summed E-state index contributed by atoms with van der Waals surface area (Å²) in [5.74, 6) is 2.57. The Bertz CT molecular complexity index is 147. The van der Waals surface area contributed by atoms with Crippen LogP contribution in [0.4, 0.5) is 0 Å². The van der Waals surface area contributed by atoms with E-state index in [0.29, 0.717) is 13.2 Å². The Morgan fingerprint density at radius 2 is 2.42 bits per heavy atom. The SMILES string of the molecule is C#CCCNCC1COCCO1. The maximum atomic E-state index is 5.42. The molecule has 0 spiro atoms. The lowest BCUT2D eigenvalue weighted by Crippen LogP contribution is -2.37. The molecule has 3 heteroatoms. The van der Waals surface area contributed by atoms with Gasteiger partial charge in [-0.1, -0.05) is 0 Å². The largest absolute Gasteiger partial charge is 0.376 e. The first-order chi connectivity index (χ1) is 5.93. The van der Waals surface area contributed by atoms with Crippen LogP contribution in [0.2, 0.25) is 0 Å². The monoisotopic (exact) mass is 169 g/mol. The molecule has 0 amide bonds. The van der Waals surface area contributed by atoms with Gasteiger partial charge in [0.15, 0.2) is 0 Å². The van der Waals surface area contributed by atoms with E-state index in [-0.39, 0.29) is 6.10 Å². The highest BCUT2D eigenvalue weighted by Crippen LogP contribution is 1.98. The number of hydrogen-bond acceptors (Lipinski definition) is 3. The van der Waals surface area contributed by atoms with Crippen molar-refractivity contribution in [2.24, 2.45) is 0 Å². The summed E-state index contributed by atoms with van der Waals surface area (Å²) in [7, 11) is 0. The van der Waals surface area contributed by atoms with Crippen LogP contribution in [0.1, 0.15) is 6.42 Å². The molecule has 1 fully saturated rings. The Hall–Kier alpha value is -0.560. The summed E-state index contributed by atoms with van der Waals surface area (Å²) in [6.07, 6.45) is 6.08. The van der Waals surface area contributed by atoms with Crippen molar-refractivity contribution in [2.75, 3.05) is 32.9 Å². The fraction of sp³-hybridized carbons (Fsp3) is 0.778. The zero-order valence-corrected chi connectivity index (χ0v) is 7.21. The molecule has 0 aromatic carbocycles. The van der Waals surface area contributed by atoms with Crippen molar-refractivity contribution in [3.8, 4) is 12.3 Å². The maximum Gasteiger partial charge on any atom is 0.0933 e. The van der Waals surface area contributed by atoms with Gasteiger partial charge in [-0.25, -0.2) is 0 Å². The summed E-state index contributed by atoms with van der Waals surface area (Å²) in [6, 6.07) is 0. The lowest BCUT2D eigenvalue weighted by Gasteiger charge is -2.22. The molecule has 1 rings (SSSR count). The zero-order valence-electron chi connectivity index (χ0n) is 7.21. The Labute approximate surface area is 73.4 Å². The predicted molar refractivity (Wildman–Crippen MR) is 46.9 cm³/mol. The molecule has 1 aliphatic heterocycles. The molecule has 0 saturated carbocycles. The van der Waals surface area contributed by atoms with Gasteiger partial charge < -0.3 is 14.8 Å². The van der Waals surface area contributed by atoms with E-state index in [1.807, 2.05) is 0 Å². The van der Waals surface area contributed by atoms with E-state index in [9.17, 15) is 0 Å². The Kier molecular flexibility index (Phi) is 4.77. The van der Waals surface area contributed by atoms with Crippen molar-refractivity contribution in [1.29, 1.82) is 0 Å². The zero-order chi connectivity index (χ0) is 8.65. The van der Waals surface area contributed by atoms with Gasteiger partial charge in [-0.05, 0) is 0 Å². The van der Waals surface area contributed by atoms with Crippen molar-refractivity contribution in [3.05, 3.63) is 0 Å². The second-order valence-electron chi connectivity index (χ2n) is 2.73. The Balaban J connectivity index is 1.95. The lowest BCUT2D eigenvalue weighted by atomic mass is 10.3. The van der Waals surface area contributed by atoms with Crippen LogP contribution in [0, 0.1) is 12.3 Å². The van der Waals surface area contributed by atoms with Gasteiger partial charge in [-0.3, -0.25) is 0 Å². The van der Waals surface area contributed by atoms with Crippen LogP contribution in [0.3, 0.4) is 0 Å². The van der Waals surface area contributed by atoms with Gasteiger partial charge in [0.2, 0.25) is 0 Å². The van der Waals surface area contributed by atoms with Gasteiger partial charge in [-0.15, -0.1) is 12.3 Å². The van der Waals surface area contributed by atoms with Crippen molar-refractivity contribution in [3.63, 3.8) is 0 Å². The number of terminal acetylenes is 1. The molecule has 1 unspecified atom stereocenters. The first kappa shape index (κ1) is 9.53. The summed E-state index contributed by atoms with van der Waals surface area (Å²) >= 11 is 0. The molecular formula is C9H15NO2. The second-order valence-corrected chi connectivity index (χ2v) is 2.73. The van der Waals surface area contributed by atoms with Crippen molar-refractivity contribution < 1.29 is 9.47 Å². The molecule has 1 N–H and O–H groups in total. The normalized spacial score (nSPS) is 23.4. The first-order valence-electron chi connectivity index (χ1n) is 4.27. The minimum atomic E-state index is 0.205. The molecule has 0 aromatic heterocycles. The molecule has 1 atom stereocenters. The van der Waals surface area contributed by atoms with E-state index in [4.69, 9.17) is 15.9 Å². The highest BCUT2D eigenvalue weighted by atomic mass is 16.6. The molecule has 1 saturated heterocycles. The Morgan fingerprint density at radius 1 is 1.50 bits per heavy atom. The Morgan fingerprint density at radius 3 is 3.08 bits per heavy atom. The summed E-state index contributed by atoms with van der Waals surface area (Å²) < 4.78 is 10.7. The van der Waals surface area contributed by atoms with Crippen molar-refractivity contribution in [2.45, 2.75) is 12.5 Å². The average molecular weight is 169 g/mol. The average Bonchev–Trinajstić information content (AvgIpc) is 2.14. The van der Waals surface area contributed by atoms with Crippen LogP contribution < -0.4 is 5.32 Å². The smallest absolute Gasteiger partial charge is 0.0933 e. The van der Waals surface area contributed by atoms with E-state index in [1.165, 1.54) is 0 Å².